The average molecular weight is 326 g/mol. The van der Waals surface area contributed by atoms with Crippen LogP contribution in [0.2, 0.25) is 0 Å². The van der Waals surface area contributed by atoms with Crippen molar-refractivity contribution in [2.24, 2.45) is 7.05 Å². The molecule has 98 valence electrons. The number of halogens is 2. The van der Waals surface area contributed by atoms with Crippen molar-refractivity contribution in [2.75, 3.05) is 0 Å². The van der Waals surface area contributed by atoms with Crippen LogP contribution in [0.5, 0.6) is 0 Å². The van der Waals surface area contributed by atoms with Crippen LogP contribution in [-0.2, 0) is 18.3 Å². The molecule has 5 nitrogen and oxygen atoms in total. The molecule has 1 aromatic carbocycles. The standard InChI is InChI=1S/C12H9BrFN3O2/c1-16-8(5-9(18)19)11(13)17-7-4-2-3-6(14)10(7)15-12(16)17/h2-4H,5H2,1H3,(H,18,19). The largest absolute Gasteiger partial charge is 0.481 e. The van der Waals surface area contributed by atoms with Crippen LogP contribution in [0.3, 0.4) is 0 Å². The van der Waals surface area contributed by atoms with Crippen LogP contribution >= 0.6 is 15.9 Å². The number of carbonyl (C=O) groups is 1. The minimum Gasteiger partial charge on any atom is -0.481 e. The van der Waals surface area contributed by atoms with Gasteiger partial charge in [0, 0.05) is 7.05 Å². The number of aromatic nitrogens is 3. The Morgan fingerprint density at radius 3 is 2.95 bits per heavy atom. The second-order valence-corrected chi connectivity index (χ2v) is 4.97. The predicted molar refractivity (Wildman–Crippen MR) is 70.7 cm³/mol. The van der Waals surface area contributed by atoms with Gasteiger partial charge in [0.15, 0.2) is 5.82 Å². The van der Waals surface area contributed by atoms with Crippen LogP contribution in [0.1, 0.15) is 5.69 Å². The molecule has 0 radical (unpaired) electrons. The second kappa shape index (κ2) is 4.06. The van der Waals surface area contributed by atoms with Crippen molar-refractivity contribution >= 4 is 38.7 Å². The zero-order chi connectivity index (χ0) is 13.7. The molecule has 3 aromatic rings. The van der Waals surface area contributed by atoms with E-state index in [0.717, 1.165) is 0 Å². The number of fused-ring (bicyclic) bond motifs is 3. The van der Waals surface area contributed by atoms with E-state index < -0.39 is 11.8 Å². The van der Waals surface area contributed by atoms with Gasteiger partial charge in [-0.25, -0.2) is 9.37 Å². The van der Waals surface area contributed by atoms with Gasteiger partial charge in [0.25, 0.3) is 0 Å². The number of aliphatic carboxylic acids is 1. The first kappa shape index (κ1) is 12.2. The molecule has 0 saturated carbocycles. The van der Waals surface area contributed by atoms with E-state index in [4.69, 9.17) is 5.11 Å². The molecule has 0 aliphatic carbocycles. The molecule has 19 heavy (non-hydrogen) atoms. The van der Waals surface area contributed by atoms with E-state index in [1.165, 1.54) is 6.07 Å². The molecule has 0 unspecified atom stereocenters. The van der Waals surface area contributed by atoms with Gasteiger partial charge in [0.05, 0.1) is 17.6 Å². The Balaban J connectivity index is 2.41. The van der Waals surface area contributed by atoms with Gasteiger partial charge in [0.1, 0.15) is 10.1 Å². The summed E-state index contributed by atoms with van der Waals surface area (Å²) in [5.41, 5.74) is 1.46. The quantitative estimate of drug-likeness (QED) is 0.786. The van der Waals surface area contributed by atoms with E-state index in [2.05, 4.69) is 20.9 Å². The Hall–Kier alpha value is -1.89. The van der Waals surface area contributed by atoms with Gasteiger partial charge in [-0.05, 0) is 28.1 Å². The van der Waals surface area contributed by atoms with Gasteiger partial charge < -0.3 is 9.67 Å². The number of para-hydroxylation sites is 1. The van der Waals surface area contributed by atoms with E-state index in [9.17, 15) is 9.18 Å². The Morgan fingerprint density at radius 1 is 1.53 bits per heavy atom. The van der Waals surface area contributed by atoms with Crippen molar-refractivity contribution in [3.63, 3.8) is 0 Å². The fraction of sp³-hybridized carbons (Fsp3) is 0.167. The van der Waals surface area contributed by atoms with E-state index in [0.29, 0.717) is 21.6 Å². The third-order valence-corrected chi connectivity index (χ3v) is 3.89. The van der Waals surface area contributed by atoms with Crippen molar-refractivity contribution in [3.8, 4) is 0 Å². The molecule has 0 spiro atoms. The van der Waals surface area contributed by atoms with Gasteiger partial charge in [0.2, 0.25) is 5.78 Å². The average Bonchev–Trinajstić information content (AvgIpc) is 2.83. The topological polar surface area (TPSA) is 59.5 Å². The molecule has 0 atom stereocenters. The Kier molecular flexibility index (Phi) is 2.60. The maximum absolute atomic E-state index is 13.7. The third-order valence-electron chi connectivity index (χ3n) is 3.08. The van der Waals surface area contributed by atoms with Crippen molar-refractivity contribution in [1.82, 2.24) is 14.0 Å². The van der Waals surface area contributed by atoms with Crippen LogP contribution in [0.15, 0.2) is 22.8 Å². The number of rotatable bonds is 2. The number of carboxylic acid groups (broad SMARTS) is 1. The molecule has 7 heteroatoms. The summed E-state index contributed by atoms with van der Waals surface area (Å²) in [4.78, 5) is 15.1. The highest BCUT2D eigenvalue weighted by Gasteiger charge is 2.20. The Morgan fingerprint density at radius 2 is 2.26 bits per heavy atom. The first-order valence-corrected chi connectivity index (χ1v) is 6.31. The fourth-order valence-electron chi connectivity index (χ4n) is 2.19. The van der Waals surface area contributed by atoms with Crippen LogP contribution in [0.4, 0.5) is 4.39 Å². The summed E-state index contributed by atoms with van der Waals surface area (Å²) in [6, 6.07) is 4.69. The first-order valence-electron chi connectivity index (χ1n) is 5.52. The van der Waals surface area contributed by atoms with Gasteiger partial charge in [-0.2, -0.15) is 0 Å². The highest BCUT2D eigenvalue weighted by molar-refractivity contribution is 9.10. The minimum atomic E-state index is -0.931. The number of hydrogen-bond donors (Lipinski definition) is 1. The maximum atomic E-state index is 13.7. The first-order chi connectivity index (χ1) is 9.00. The van der Waals surface area contributed by atoms with E-state index >= 15 is 0 Å². The number of carboxylic acids is 1. The molecule has 0 aliphatic heterocycles. The van der Waals surface area contributed by atoms with E-state index in [-0.39, 0.29) is 11.9 Å². The molecular weight excluding hydrogens is 317 g/mol. The smallest absolute Gasteiger partial charge is 0.309 e. The van der Waals surface area contributed by atoms with Gasteiger partial charge in [-0.3, -0.25) is 9.20 Å². The van der Waals surface area contributed by atoms with Crippen LogP contribution in [0, 0.1) is 5.82 Å². The third kappa shape index (κ3) is 1.65. The number of aryl methyl sites for hydroxylation is 1. The van der Waals surface area contributed by atoms with Gasteiger partial charge in [-0.1, -0.05) is 6.07 Å². The summed E-state index contributed by atoms with van der Waals surface area (Å²) in [7, 11) is 1.71. The lowest BCUT2D eigenvalue weighted by molar-refractivity contribution is -0.136. The van der Waals surface area contributed by atoms with Crippen molar-refractivity contribution in [2.45, 2.75) is 6.42 Å². The van der Waals surface area contributed by atoms with Crippen LogP contribution < -0.4 is 0 Å². The van der Waals surface area contributed by atoms with Gasteiger partial charge >= 0.3 is 5.97 Å². The summed E-state index contributed by atoms with van der Waals surface area (Å²) < 4.78 is 17.6. The number of benzene rings is 1. The van der Waals surface area contributed by atoms with Crippen molar-refractivity contribution < 1.29 is 14.3 Å². The summed E-state index contributed by atoms with van der Waals surface area (Å²) in [6.07, 6.45) is -0.128. The zero-order valence-corrected chi connectivity index (χ0v) is 11.5. The number of hydrogen-bond acceptors (Lipinski definition) is 2. The number of imidazole rings is 2. The molecule has 0 fully saturated rings. The molecule has 1 N–H and O–H groups in total. The monoisotopic (exact) mass is 325 g/mol. The lowest BCUT2D eigenvalue weighted by Gasteiger charge is -1.99. The van der Waals surface area contributed by atoms with Gasteiger partial charge in [-0.15, -0.1) is 0 Å². The van der Waals surface area contributed by atoms with E-state index in [1.807, 2.05) is 0 Å². The molecule has 2 aromatic heterocycles. The SMILES string of the molecule is Cn1c(CC(=O)O)c(Br)n2c3cccc(F)c3nc12. The summed E-state index contributed by atoms with van der Waals surface area (Å²) in [5, 5.41) is 8.91. The van der Waals surface area contributed by atoms with Crippen molar-refractivity contribution in [3.05, 3.63) is 34.3 Å². The fourth-order valence-corrected chi connectivity index (χ4v) is 2.95. The molecular formula is C12H9BrFN3O2. The summed E-state index contributed by atoms with van der Waals surface area (Å²) in [5.74, 6) is -0.823. The minimum absolute atomic E-state index is 0.128. The normalized spacial score (nSPS) is 11.5. The van der Waals surface area contributed by atoms with Crippen molar-refractivity contribution in [1.29, 1.82) is 0 Å². The summed E-state index contributed by atoms with van der Waals surface area (Å²) >= 11 is 3.37. The van der Waals surface area contributed by atoms with Crippen LogP contribution in [-0.4, -0.2) is 25.0 Å². The number of nitrogens with zero attached hydrogens (tertiary/aromatic N) is 3. The predicted octanol–water partition coefficient (Wildman–Crippen LogP) is 2.35. The van der Waals surface area contributed by atoms with Crippen LogP contribution in [0.25, 0.3) is 16.8 Å². The zero-order valence-electron chi connectivity index (χ0n) is 9.89. The Labute approximate surface area is 115 Å². The molecule has 3 rings (SSSR count). The highest BCUT2D eigenvalue weighted by Crippen LogP contribution is 2.28. The second-order valence-electron chi connectivity index (χ2n) is 4.22. The molecule has 0 saturated heterocycles. The summed E-state index contributed by atoms with van der Waals surface area (Å²) in [6.45, 7) is 0. The lowest BCUT2D eigenvalue weighted by atomic mass is 10.3. The Bertz CT molecular complexity index is 821. The molecule has 0 bridgehead atoms. The molecule has 2 heterocycles. The van der Waals surface area contributed by atoms with E-state index in [1.54, 1.807) is 28.1 Å². The molecule has 0 amide bonds. The maximum Gasteiger partial charge on any atom is 0.309 e. The lowest BCUT2D eigenvalue weighted by Crippen LogP contribution is -2.06. The molecule has 0 aliphatic rings. The highest BCUT2D eigenvalue weighted by atomic mass is 79.9.